The zero-order valence-corrected chi connectivity index (χ0v) is 19.1. The molecule has 0 radical (unpaired) electrons. The lowest BCUT2D eigenvalue weighted by Crippen LogP contribution is -2.47. The summed E-state index contributed by atoms with van der Waals surface area (Å²) in [4.78, 5) is 21.1. The van der Waals surface area contributed by atoms with Crippen molar-refractivity contribution in [1.29, 1.82) is 0 Å². The maximum Gasteiger partial charge on any atom is 0.217 e. The molecule has 2 atom stereocenters. The number of carbonyl (C=O) groups excluding carboxylic acids is 1. The molecule has 0 aromatic heterocycles. The van der Waals surface area contributed by atoms with Crippen LogP contribution in [0.5, 0.6) is 0 Å². The summed E-state index contributed by atoms with van der Waals surface area (Å²) in [6.07, 6.45) is 5.21. The van der Waals surface area contributed by atoms with Crippen molar-refractivity contribution in [3.63, 3.8) is 0 Å². The van der Waals surface area contributed by atoms with Gasteiger partial charge in [-0.2, -0.15) is 0 Å². The summed E-state index contributed by atoms with van der Waals surface area (Å²) in [6, 6.07) is 0.572. The highest BCUT2D eigenvalue weighted by atomic mass is 127. The second kappa shape index (κ2) is 12.0. The number of hydrogen-bond acceptors (Lipinski definition) is 3. The van der Waals surface area contributed by atoms with Crippen molar-refractivity contribution in [2.75, 3.05) is 39.3 Å². The molecule has 6 nitrogen and oxygen atoms in total. The second-order valence-electron chi connectivity index (χ2n) is 8.00. The molecule has 0 aromatic rings. The SMILES string of the molecule is CCNC(=NC[C@H]1CCCN1CC(C)C)N1CCCC(CC(N)=O)C1.I. The minimum absolute atomic E-state index is 0. The highest BCUT2D eigenvalue weighted by Crippen LogP contribution is 2.21. The van der Waals surface area contributed by atoms with Gasteiger partial charge in [0.25, 0.3) is 0 Å². The van der Waals surface area contributed by atoms with Crippen LogP contribution < -0.4 is 11.1 Å². The maximum absolute atomic E-state index is 11.2. The summed E-state index contributed by atoms with van der Waals surface area (Å²) in [7, 11) is 0. The predicted molar refractivity (Wildman–Crippen MR) is 119 cm³/mol. The molecular formula is C19H38IN5O. The first-order valence-electron chi connectivity index (χ1n) is 10.0. The van der Waals surface area contributed by atoms with Gasteiger partial charge in [0.2, 0.25) is 5.91 Å². The van der Waals surface area contributed by atoms with Crippen molar-refractivity contribution in [3.8, 4) is 0 Å². The van der Waals surface area contributed by atoms with Gasteiger partial charge in [-0.05, 0) is 51.0 Å². The largest absolute Gasteiger partial charge is 0.370 e. The minimum Gasteiger partial charge on any atom is -0.370 e. The molecule has 2 aliphatic rings. The molecule has 2 fully saturated rings. The number of carbonyl (C=O) groups is 1. The number of piperidine rings is 1. The van der Waals surface area contributed by atoms with Gasteiger partial charge >= 0.3 is 0 Å². The van der Waals surface area contributed by atoms with E-state index in [4.69, 9.17) is 10.7 Å². The Morgan fingerprint density at radius 3 is 2.65 bits per heavy atom. The number of hydrogen-bond donors (Lipinski definition) is 2. The molecule has 0 aromatic carbocycles. The summed E-state index contributed by atoms with van der Waals surface area (Å²) in [5.41, 5.74) is 5.39. The van der Waals surface area contributed by atoms with Crippen LogP contribution in [0.15, 0.2) is 4.99 Å². The van der Waals surface area contributed by atoms with E-state index < -0.39 is 0 Å². The van der Waals surface area contributed by atoms with E-state index in [0.717, 1.165) is 45.0 Å². The minimum atomic E-state index is -0.191. The Balaban J connectivity index is 0.00000338. The molecule has 0 spiro atoms. The molecule has 2 rings (SSSR count). The van der Waals surface area contributed by atoms with Crippen LogP contribution in [0.1, 0.15) is 52.9 Å². The standard InChI is InChI=1S/C19H37N5O.HI/c1-4-21-19(24-10-5-7-16(14-24)11-18(20)25)22-12-17-8-6-9-23(17)13-15(2)3;/h15-17H,4-14H2,1-3H3,(H2,20,25)(H,21,22);1H/t16?,17-;/m1./s1. The summed E-state index contributed by atoms with van der Waals surface area (Å²) in [5.74, 6) is 1.88. The summed E-state index contributed by atoms with van der Waals surface area (Å²) in [5, 5.41) is 3.45. The number of guanidine groups is 1. The lowest BCUT2D eigenvalue weighted by molar-refractivity contribution is -0.119. The van der Waals surface area contributed by atoms with Gasteiger partial charge in [0.15, 0.2) is 5.96 Å². The quantitative estimate of drug-likeness (QED) is 0.334. The van der Waals surface area contributed by atoms with Gasteiger partial charge < -0.3 is 16.0 Å². The Bertz CT molecular complexity index is 457. The highest BCUT2D eigenvalue weighted by Gasteiger charge is 2.26. The first kappa shape index (κ1) is 23.5. The molecule has 152 valence electrons. The number of nitrogens with two attached hydrogens (primary N) is 1. The van der Waals surface area contributed by atoms with Gasteiger partial charge in [0, 0.05) is 38.6 Å². The lowest BCUT2D eigenvalue weighted by atomic mass is 9.95. The fourth-order valence-electron chi connectivity index (χ4n) is 4.14. The van der Waals surface area contributed by atoms with E-state index in [1.54, 1.807) is 0 Å². The van der Waals surface area contributed by atoms with E-state index in [0.29, 0.717) is 24.3 Å². The summed E-state index contributed by atoms with van der Waals surface area (Å²) >= 11 is 0. The van der Waals surface area contributed by atoms with E-state index in [-0.39, 0.29) is 29.9 Å². The van der Waals surface area contributed by atoms with Crippen LogP contribution >= 0.6 is 24.0 Å². The zero-order chi connectivity index (χ0) is 18.2. The van der Waals surface area contributed by atoms with Crippen molar-refractivity contribution >= 4 is 35.8 Å². The molecule has 7 heteroatoms. The van der Waals surface area contributed by atoms with Gasteiger partial charge in [-0.1, -0.05) is 13.8 Å². The van der Waals surface area contributed by atoms with Gasteiger partial charge in [-0.25, -0.2) is 0 Å². The van der Waals surface area contributed by atoms with E-state index >= 15 is 0 Å². The highest BCUT2D eigenvalue weighted by molar-refractivity contribution is 14.0. The van der Waals surface area contributed by atoms with Crippen molar-refractivity contribution in [3.05, 3.63) is 0 Å². The number of nitrogens with one attached hydrogen (secondary N) is 1. The zero-order valence-electron chi connectivity index (χ0n) is 16.7. The maximum atomic E-state index is 11.2. The fourth-order valence-corrected chi connectivity index (χ4v) is 4.14. The number of aliphatic imine (C=N–C) groups is 1. The van der Waals surface area contributed by atoms with E-state index in [9.17, 15) is 4.79 Å². The smallest absolute Gasteiger partial charge is 0.217 e. The van der Waals surface area contributed by atoms with Gasteiger partial charge in [0.1, 0.15) is 0 Å². The molecule has 1 amide bonds. The second-order valence-corrected chi connectivity index (χ2v) is 8.00. The van der Waals surface area contributed by atoms with Crippen LogP contribution in [0.4, 0.5) is 0 Å². The predicted octanol–water partition coefficient (Wildman–Crippen LogP) is 2.28. The monoisotopic (exact) mass is 479 g/mol. The molecule has 0 bridgehead atoms. The van der Waals surface area contributed by atoms with Crippen molar-refractivity contribution in [2.24, 2.45) is 22.6 Å². The van der Waals surface area contributed by atoms with Gasteiger partial charge in [0.05, 0.1) is 6.54 Å². The molecule has 26 heavy (non-hydrogen) atoms. The number of nitrogens with zero attached hydrogens (tertiary/aromatic N) is 3. The fraction of sp³-hybridized carbons (Fsp3) is 0.895. The first-order valence-corrected chi connectivity index (χ1v) is 10.0. The van der Waals surface area contributed by atoms with Crippen molar-refractivity contribution in [2.45, 2.75) is 58.9 Å². The average Bonchev–Trinajstić information content (AvgIpc) is 2.97. The van der Waals surface area contributed by atoms with Crippen molar-refractivity contribution in [1.82, 2.24) is 15.1 Å². The Morgan fingerprint density at radius 2 is 2.00 bits per heavy atom. The molecule has 2 aliphatic heterocycles. The van der Waals surface area contributed by atoms with Crippen LogP contribution in [0, 0.1) is 11.8 Å². The Morgan fingerprint density at radius 1 is 1.27 bits per heavy atom. The number of primary amides is 1. The molecule has 2 heterocycles. The van der Waals surface area contributed by atoms with Crippen LogP contribution in [0.3, 0.4) is 0 Å². The molecule has 0 aliphatic carbocycles. The Labute approximate surface area is 176 Å². The van der Waals surface area contributed by atoms with E-state index in [1.807, 2.05) is 0 Å². The normalized spacial score (nSPS) is 24.6. The number of amides is 1. The van der Waals surface area contributed by atoms with Gasteiger partial charge in [-0.15, -0.1) is 24.0 Å². The lowest BCUT2D eigenvalue weighted by Gasteiger charge is -2.35. The average molecular weight is 479 g/mol. The molecular weight excluding hydrogens is 441 g/mol. The van der Waals surface area contributed by atoms with Crippen LogP contribution in [0.25, 0.3) is 0 Å². The molecule has 3 N–H and O–H groups in total. The van der Waals surface area contributed by atoms with E-state index in [1.165, 1.54) is 25.9 Å². The van der Waals surface area contributed by atoms with Crippen LogP contribution in [-0.4, -0.2) is 67.0 Å². The van der Waals surface area contributed by atoms with Crippen LogP contribution in [-0.2, 0) is 4.79 Å². The molecule has 2 saturated heterocycles. The number of likely N-dealkylation sites (tertiary alicyclic amines) is 2. The molecule has 1 unspecified atom stereocenters. The third-order valence-corrected chi connectivity index (χ3v) is 5.19. The molecule has 0 saturated carbocycles. The van der Waals surface area contributed by atoms with E-state index in [2.05, 4.69) is 35.9 Å². The third-order valence-electron chi connectivity index (χ3n) is 5.19. The third kappa shape index (κ3) is 7.58. The first-order chi connectivity index (χ1) is 12.0. The van der Waals surface area contributed by atoms with Crippen LogP contribution in [0.2, 0.25) is 0 Å². The Hall–Kier alpha value is -0.570. The summed E-state index contributed by atoms with van der Waals surface area (Å²) < 4.78 is 0. The summed E-state index contributed by atoms with van der Waals surface area (Å²) in [6.45, 7) is 12.7. The van der Waals surface area contributed by atoms with Crippen molar-refractivity contribution < 1.29 is 4.79 Å². The number of halogens is 1. The van der Waals surface area contributed by atoms with Gasteiger partial charge in [-0.3, -0.25) is 14.7 Å². The number of rotatable bonds is 7. The Kier molecular flexibility index (Phi) is 10.8. The topological polar surface area (TPSA) is 74.0 Å².